The Balaban J connectivity index is 2.70. The number of carbonyl (C=O) groups is 2. The monoisotopic (exact) mass is 252 g/mol. The van der Waals surface area contributed by atoms with Crippen LogP contribution in [0.2, 0.25) is 0 Å². The van der Waals surface area contributed by atoms with Crippen molar-refractivity contribution in [3.63, 3.8) is 0 Å². The van der Waals surface area contributed by atoms with E-state index in [1.54, 1.807) is 0 Å². The largest absolute Gasteiger partial charge is 0.469 e. The molecular formula is C12H16N2O4. The first-order valence-corrected chi connectivity index (χ1v) is 5.63. The number of esters is 1. The summed E-state index contributed by atoms with van der Waals surface area (Å²) >= 11 is 0. The second-order valence-corrected chi connectivity index (χ2v) is 3.65. The molecule has 0 aliphatic rings. The van der Waals surface area contributed by atoms with Crippen molar-refractivity contribution in [1.82, 2.24) is 9.88 Å². The molecule has 0 aliphatic carbocycles. The van der Waals surface area contributed by atoms with Crippen molar-refractivity contribution in [2.24, 2.45) is 0 Å². The highest BCUT2D eigenvalue weighted by Gasteiger charge is 2.15. The number of H-pyrrole nitrogens is 1. The molecule has 1 amide bonds. The Kier molecular flexibility index (Phi) is 5.10. The van der Waals surface area contributed by atoms with E-state index in [0.717, 1.165) is 0 Å². The number of nitrogens with one attached hydrogen (secondary N) is 1. The molecule has 6 nitrogen and oxygen atoms in total. The fourth-order valence-corrected chi connectivity index (χ4v) is 1.46. The highest BCUT2D eigenvalue weighted by Crippen LogP contribution is 2.03. The number of pyridine rings is 1. The van der Waals surface area contributed by atoms with Crippen molar-refractivity contribution in [1.29, 1.82) is 0 Å². The first-order chi connectivity index (χ1) is 8.58. The van der Waals surface area contributed by atoms with Gasteiger partial charge in [-0.15, -0.1) is 0 Å². The van der Waals surface area contributed by atoms with E-state index in [9.17, 15) is 14.4 Å². The Morgan fingerprint density at radius 1 is 1.39 bits per heavy atom. The minimum Gasteiger partial charge on any atom is -0.469 e. The summed E-state index contributed by atoms with van der Waals surface area (Å²) in [6, 6.07) is 2.75. The highest BCUT2D eigenvalue weighted by atomic mass is 16.5. The average molecular weight is 252 g/mol. The van der Waals surface area contributed by atoms with E-state index in [1.165, 1.54) is 30.3 Å². The zero-order valence-electron chi connectivity index (χ0n) is 10.4. The SMILES string of the molecule is CCN(CCC(=O)OC)C(=O)c1ccc(=O)[nH]c1. The molecule has 98 valence electrons. The van der Waals surface area contributed by atoms with Gasteiger partial charge in [0, 0.05) is 25.4 Å². The first-order valence-electron chi connectivity index (χ1n) is 5.63. The molecular weight excluding hydrogens is 236 g/mol. The van der Waals surface area contributed by atoms with E-state index in [2.05, 4.69) is 9.72 Å². The summed E-state index contributed by atoms with van der Waals surface area (Å²) < 4.78 is 4.52. The summed E-state index contributed by atoms with van der Waals surface area (Å²) in [5.74, 6) is -0.583. The van der Waals surface area contributed by atoms with E-state index in [0.29, 0.717) is 18.7 Å². The standard InChI is InChI=1S/C12H16N2O4/c1-3-14(7-6-11(16)18-2)12(17)9-4-5-10(15)13-8-9/h4-5,8H,3,6-7H2,1-2H3,(H,13,15). The molecule has 6 heteroatoms. The maximum Gasteiger partial charge on any atom is 0.307 e. The van der Waals surface area contributed by atoms with Crippen LogP contribution in [-0.4, -0.2) is 42.0 Å². The smallest absolute Gasteiger partial charge is 0.307 e. The molecule has 18 heavy (non-hydrogen) atoms. The third kappa shape index (κ3) is 3.73. The number of rotatable bonds is 5. The lowest BCUT2D eigenvalue weighted by Gasteiger charge is -2.20. The Labute approximate surface area is 105 Å². The Hall–Kier alpha value is -2.11. The van der Waals surface area contributed by atoms with Crippen LogP contribution >= 0.6 is 0 Å². The van der Waals surface area contributed by atoms with Gasteiger partial charge in [-0.2, -0.15) is 0 Å². The minimum absolute atomic E-state index is 0.152. The topological polar surface area (TPSA) is 79.5 Å². The third-order valence-electron chi connectivity index (χ3n) is 2.51. The summed E-state index contributed by atoms with van der Waals surface area (Å²) in [7, 11) is 1.31. The number of carbonyl (C=O) groups excluding carboxylic acids is 2. The number of amides is 1. The number of hydrogen-bond acceptors (Lipinski definition) is 4. The van der Waals surface area contributed by atoms with Gasteiger partial charge in [0.15, 0.2) is 0 Å². The molecule has 0 fully saturated rings. The number of methoxy groups -OCH3 is 1. The van der Waals surface area contributed by atoms with Crippen molar-refractivity contribution in [2.45, 2.75) is 13.3 Å². The molecule has 0 aromatic carbocycles. The van der Waals surface area contributed by atoms with Crippen molar-refractivity contribution >= 4 is 11.9 Å². The Morgan fingerprint density at radius 2 is 2.11 bits per heavy atom. The normalized spacial score (nSPS) is 9.89. The van der Waals surface area contributed by atoms with Crippen LogP contribution in [0.15, 0.2) is 23.1 Å². The van der Waals surface area contributed by atoms with Crippen LogP contribution in [0.5, 0.6) is 0 Å². The average Bonchev–Trinajstić information content (AvgIpc) is 2.39. The predicted octanol–water partition coefficient (Wildman–Crippen LogP) is 0.400. The molecule has 0 saturated heterocycles. The van der Waals surface area contributed by atoms with E-state index < -0.39 is 0 Å². The molecule has 1 heterocycles. The van der Waals surface area contributed by atoms with Gasteiger partial charge in [-0.05, 0) is 13.0 Å². The van der Waals surface area contributed by atoms with Gasteiger partial charge >= 0.3 is 5.97 Å². The zero-order valence-corrected chi connectivity index (χ0v) is 10.4. The lowest BCUT2D eigenvalue weighted by molar-refractivity contribution is -0.140. The van der Waals surface area contributed by atoms with Gasteiger partial charge in [0.2, 0.25) is 5.56 Å². The van der Waals surface area contributed by atoms with Crippen LogP contribution in [0.25, 0.3) is 0 Å². The van der Waals surface area contributed by atoms with E-state index in [1.807, 2.05) is 6.92 Å². The van der Waals surface area contributed by atoms with Crippen LogP contribution in [0, 0.1) is 0 Å². The van der Waals surface area contributed by atoms with Gasteiger partial charge in [-0.25, -0.2) is 0 Å². The second-order valence-electron chi connectivity index (χ2n) is 3.65. The van der Waals surface area contributed by atoms with Gasteiger partial charge in [-0.3, -0.25) is 14.4 Å². The molecule has 0 aliphatic heterocycles. The fraction of sp³-hybridized carbons (Fsp3) is 0.417. The van der Waals surface area contributed by atoms with E-state index in [4.69, 9.17) is 0 Å². The predicted molar refractivity (Wildman–Crippen MR) is 65.3 cm³/mol. The van der Waals surface area contributed by atoms with Crippen molar-refractivity contribution in [3.05, 3.63) is 34.2 Å². The maximum absolute atomic E-state index is 12.0. The molecule has 1 N–H and O–H groups in total. The number of nitrogens with zero attached hydrogens (tertiary/aromatic N) is 1. The Bertz CT molecular complexity index is 461. The van der Waals surface area contributed by atoms with Gasteiger partial charge in [0.25, 0.3) is 5.91 Å². The number of hydrogen-bond donors (Lipinski definition) is 1. The van der Waals surface area contributed by atoms with Gasteiger partial charge in [0.05, 0.1) is 19.1 Å². The molecule has 0 atom stereocenters. The van der Waals surface area contributed by atoms with E-state index in [-0.39, 0.29) is 23.9 Å². The molecule has 1 rings (SSSR count). The number of aromatic amines is 1. The maximum atomic E-state index is 12.0. The molecule has 0 radical (unpaired) electrons. The second kappa shape index (κ2) is 6.58. The summed E-state index contributed by atoms with van der Waals surface area (Å²) in [6.45, 7) is 2.59. The zero-order chi connectivity index (χ0) is 13.5. The third-order valence-corrected chi connectivity index (χ3v) is 2.51. The van der Waals surface area contributed by atoms with Gasteiger partial charge in [-0.1, -0.05) is 0 Å². The molecule has 0 bridgehead atoms. The fourth-order valence-electron chi connectivity index (χ4n) is 1.46. The number of aromatic nitrogens is 1. The van der Waals surface area contributed by atoms with Crippen molar-refractivity contribution in [3.8, 4) is 0 Å². The van der Waals surface area contributed by atoms with Crippen molar-refractivity contribution < 1.29 is 14.3 Å². The summed E-state index contributed by atoms with van der Waals surface area (Å²) in [6.07, 6.45) is 1.52. The summed E-state index contributed by atoms with van der Waals surface area (Å²) in [4.78, 5) is 37.9. The van der Waals surface area contributed by atoms with Gasteiger partial charge < -0.3 is 14.6 Å². The van der Waals surface area contributed by atoms with Crippen LogP contribution in [0.3, 0.4) is 0 Å². The quantitative estimate of drug-likeness (QED) is 0.769. The molecule has 1 aromatic heterocycles. The lowest BCUT2D eigenvalue weighted by Crippen LogP contribution is -2.33. The van der Waals surface area contributed by atoms with Crippen LogP contribution < -0.4 is 5.56 Å². The molecule has 1 aromatic rings. The van der Waals surface area contributed by atoms with Crippen LogP contribution in [0.4, 0.5) is 0 Å². The van der Waals surface area contributed by atoms with Gasteiger partial charge in [0.1, 0.15) is 0 Å². The molecule has 0 saturated carbocycles. The Morgan fingerprint density at radius 3 is 2.61 bits per heavy atom. The first kappa shape index (κ1) is 14.0. The van der Waals surface area contributed by atoms with Crippen LogP contribution in [0.1, 0.15) is 23.7 Å². The molecule has 0 spiro atoms. The number of ether oxygens (including phenoxy) is 1. The van der Waals surface area contributed by atoms with Crippen molar-refractivity contribution in [2.75, 3.05) is 20.2 Å². The minimum atomic E-state index is -0.359. The van der Waals surface area contributed by atoms with Crippen LogP contribution in [-0.2, 0) is 9.53 Å². The highest BCUT2D eigenvalue weighted by molar-refractivity contribution is 5.94. The lowest BCUT2D eigenvalue weighted by atomic mass is 10.2. The van der Waals surface area contributed by atoms with E-state index >= 15 is 0 Å². The summed E-state index contributed by atoms with van der Waals surface area (Å²) in [5.41, 5.74) is 0.130. The summed E-state index contributed by atoms with van der Waals surface area (Å²) in [5, 5.41) is 0. The molecule has 0 unspecified atom stereocenters.